The number of thioether (sulfide) groups is 1. The molecule has 0 radical (unpaired) electrons. The van der Waals surface area contributed by atoms with Crippen LogP contribution in [0.2, 0.25) is 0 Å². The highest BCUT2D eigenvalue weighted by molar-refractivity contribution is 8.00. The Kier molecular flexibility index (Phi) is 9.09. The van der Waals surface area contributed by atoms with Gasteiger partial charge in [-0.2, -0.15) is 0 Å². The van der Waals surface area contributed by atoms with E-state index in [2.05, 4.69) is 28.2 Å². The van der Waals surface area contributed by atoms with Crippen molar-refractivity contribution in [1.29, 1.82) is 0 Å². The molecule has 10 heteroatoms. The molecule has 0 heterocycles. The van der Waals surface area contributed by atoms with Gasteiger partial charge in [-0.1, -0.05) is 49.2 Å². The first kappa shape index (κ1) is 28.9. The molecule has 214 valence electrons. The van der Waals surface area contributed by atoms with E-state index in [-0.39, 0.29) is 33.1 Å². The van der Waals surface area contributed by atoms with Crippen molar-refractivity contribution >= 4 is 44.6 Å². The summed E-state index contributed by atoms with van der Waals surface area (Å²) in [6.45, 7) is 0. The summed E-state index contributed by atoms with van der Waals surface area (Å²) in [5.41, 5.74) is 2.36. The number of sulfonamides is 1. The molecule has 0 aromatic heterocycles. The van der Waals surface area contributed by atoms with Crippen LogP contribution < -0.4 is 10.0 Å². The largest absolute Gasteiger partial charge is 0.376 e. The van der Waals surface area contributed by atoms with Crippen LogP contribution in [0.1, 0.15) is 67.3 Å². The first-order valence-corrected chi connectivity index (χ1v) is 16.3. The van der Waals surface area contributed by atoms with Crippen LogP contribution in [0.25, 0.3) is 5.57 Å². The van der Waals surface area contributed by atoms with E-state index in [0.717, 1.165) is 61.5 Å². The second kappa shape index (κ2) is 12.9. The van der Waals surface area contributed by atoms with Crippen molar-refractivity contribution in [3.8, 4) is 0 Å². The molecule has 0 aliphatic heterocycles. The number of rotatable bonds is 9. The van der Waals surface area contributed by atoms with Gasteiger partial charge in [0.15, 0.2) is 0 Å². The standard InChI is InChI=1S/C31H33N3O5S2/c35-31(24-17-15-23(16-18-24)22-9-3-1-4-10-22)33-41(38,39)26-19-20-27(29(21-26)34(36)37)32-28-13-7-8-14-30(28)40-25-11-5-2-6-12-25/h2,5-6,9,11-12,15-21,28,30,32H,1,3-4,7-8,10,13-14H2,(H,33,35)/t28-,30+/m0/s1. The zero-order chi connectivity index (χ0) is 28.8. The Hall–Kier alpha value is -3.63. The van der Waals surface area contributed by atoms with Gasteiger partial charge in [0.25, 0.3) is 21.6 Å². The number of nitrogens with one attached hydrogen (secondary N) is 2. The van der Waals surface area contributed by atoms with Crippen molar-refractivity contribution in [3.63, 3.8) is 0 Å². The molecule has 2 atom stereocenters. The van der Waals surface area contributed by atoms with Crippen molar-refractivity contribution in [3.05, 3.63) is 100 Å². The zero-order valence-corrected chi connectivity index (χ0v) is 24.3. The Labute approximate surface area is 244 Å². The van der Waals surface area contributed by atoms with Gasteiger partial charge in [-0.25, -0.2) is 13.1 Å². The van der Waals surface area contributed by atoms with E-state index in [9.17, 15) is 23.3 Å². The highest BCUT2D eigenvalue weighted by atomic mass is 32.2. The number of amides is 1. The number of carbonyl (C=O) groups excluding carboxylic acids is 1. The lowest BCUT2D eigenvalue weighted by Crippen LogP contribution is -2.34. The van der Waals surface area contributed by atoms with Crippen LogP contribution in [0.5, 0.6) is 0 Å². The van der Waals surface area contributed by atoms with Gasteiger partial charge in [0, 0.05) is 27.8 Å². The lowest BCUT2D eigenvalue weighted by Gasteiger charge is -2.32. The van der Waals surface area contributed by atoms with Gasteiger partial charge in [-0.15, -0.1) is 11.8 Å². The highest BCUT2D eigenvalue weighted by Gasteiger charge is 2.29. The molecular weight excluding hydrogens is 558 g/mol. The molecule has 1 amide bonds. The van der Waals surface area contributed by atoms with Crippen molar-refractivity contribution in [2.75, 3.05) is 5.32 Å². The molecule has 3 aromatic carbocycles. The molecule has 1 saturated carbocycles. The third kappa shape index (κ3) is 7.18. The fraction of sp³-hybridized carbons (Fsp3) is 0.323. The summed E-state index contributed by atoms with van der Waals surface area (Å²) in [5, 5.41) is 15.5. The monoisotopic (exact) mass is 591 g/mol. The normalized spacial score (nSPS) is 19.2. The molecule has 0 saturated heterocycles. The van der Waals surface area contributed by atoms with Crippen molar-refractivity contribution in [2.24, 2.45) is 0 Å². The topological polar surface area (TPSA) is 118 Å². The number of allylic oxidation sites excluding steroid dienone is 2. The fourth-order valence-electron chi connectivity index (χ4n) is 5.40. The van der Waals surface area contributed by atoms with E-state index < -0.39 is 20.9 Å². The average Bonchev–Trinajstić information content (AvgIpc) is 2.99. The third-order valence-electron chi connectivity index (χ3n) is 7.59. The Balaban J connectivity index is 1.30. The smallest absolute Gasteiger partial charge is 0.293 e. The van der Waals surface area contributed by atoms with Gasteiger partial charge in [0.1, 0.15) is 5.69 Å². The van der Waals surface area contributed by atoms with Crippen LogP contribution in [-0.4, -0.2) is 30.5 Å². The fourth-order valence-corrected chi connectivity index (χ4v) is 7.71. The zero-order valence-electron chi connectivity index (χ0n) is 22.6. The van der Waals surface area contributed by atoms with Gasteiger partial charge in [-0.3, -0.25) is 14.9 Å². The maximum atomic E-state index is 13.1. The van der Waals surface area contributed by atoms with Crippen LogP contribution in [0.15, 0.2) is 88.7 Å². The lowest BCUT2D eigenvalue weighted by atomic mass is 9.93. The summed E-state index contributed by atoms with van der Waals surface area (Å²) in [7, 11) is -4.34. The summed E-state index contributed by atoms with van der Waals surface area (Å²) < 4.78 is 28.2. The maximum absolute atomic E-state index is 13.1. The first-order valence-electron chi connectivity index (χ1n) is 13.9. The van der Waals surface area contributed by atoms with E-state index in [1.165, 1.54) is 24.1 Å². The van der Waals surface area contributed by atoms with Gasteiger partial charge in [0.2, 0.25) is 0 Å². The van der Waals surface area contributed by atoms with Crippen molar-refractivity contribution in [2.45, 2.75) is 72.4 Å². The number of nitrogens with zero attached hydrogens (tertiary/aromatic N) is 1. The van der Waals surface area contributed by atoms with Gasteiger partial charge >= 0.3 is 0 Å². The second-order valence-corrected chi connectivity index (χ2v) is 13.4. The minimum atomic E-state index is -4.34. The van der Waals surface area contributed by atoms with Gasteiger partial charge in [0.05, 0.1) is 9.82 Å². The number of nitro groups is 1. The number of carbonyl (C=O) groups is 1. The number of benzene rings is 3. The molecule has 2 N–H and O–H groups in total. The minimum absolute atomic E-state index is 0.0119. The average molecular weight is 592 g/mol. The SMILES string of the molecule is O=C(NS(=O)(=O)c1ccc(N[C@H]2CCCC[C@H]2Sc2ccccc2)c([N+](=O)[O-])c1)c1ccc(C2=CCCCC2)cc1. The molecule has 0 bridgehead atoms. The van der Waals surface area contributed by atoms with Crippen LogP contribution >= 0.6 is 11.8 Å². The molecule has 2 aliphatic rings. The van der Waals surface area contributed by atoms with Crippen LogP contribution in [0.4, 0.5) is 11.4 Å². The molecule has 0 unspecified atom stereocenters. The van der Waals surface area contributed by atoms with Crippen molar-refractivity contribution < 1.29 is 18.1 Å². The number of anilines is 1. The predicted octanol–water partition coefficient (Wildman–Crippen LogP) is 7.19. The Morgan fingerprint density at radius 1 is 0.927 bits per heavy atom. The van der Waals surface area contributed by atoms with E-state index in [1.807, 2.05) is 30.3 Å². The molecule has 41 heavy (non-hydrogen) atoms. The molecular formula is C31H33N3O5S2. The molecule has 3 aromatic rings. The number of hydrogen-bond acceptors (Lipinski definition) is 7. The summed E-state index contributed by atoms with van der Waals surface area (Å²) in [4.78, 5) is 25.0. The van der Waals surface area contributed by atoms with E-state index in [1.54, 1.807) is 23.9 Å². The molecule has 8 nitrogen and oxygen atoms in total. The third-order valence-corrected chi connectivity index (χ3v) is 10.3. The van der Waals surface area contributed by atoms with E-state index in [0.29, 0.717) is 0 Å². The summed E-state index contributed by atoms with van der Waals surface area (Å²) in [5.74, 6) is -0.790. The Bertz CT molecular complexity index is 1540. The number of hydrogen-bond donors (Lipinski definition) is 2. The first-order chi connectivity index (χ1) is 19.8. The quantitative estimate of drug-likeness (QED) is 0.200. The summed E-state index contributed by atoms with van der Waals surface area (Å²) in [6, 6.07) is 20.6. The lowest BCUT2D eigenvalue weighted by molar-refractivity contribution is -0.384. The minimum Gasteiger partial charge on any atom is -0.376 e. The maximum Gasteiger partial charge on any atom is 0.293 e. The van der Waals surface area contributed by atoms with Crippen LogP contribution in [-0.2, 0) is 10.0 Å². The van der Waals surface area contributed by atoms with Crippen LogP contribution in [0, 0.1) is 10.1 Å². The van der Waals surface area contributed by atoms with E-state index >= 15 is 0 Å². The van der Waals surface area contributed by atoms with Crippen molar-refractivity contribution in [1.82, 2.24) is 4.72 Å². The van der Waals surface area contributed by atoms with Crippen LogP contribution in [0.3, 0.4) is 0 Å². The molecule has 5 rings (SSSR count). The Morgan fingerprint density at radius 2 is 1.68 bits per heavy atom. The highest BCUT2D eigenvalue weighted by Crippen LogP contribution is 2.37. The number of nitro benzene ring substituents is 1. The Morgan fingerprint density at radius 3 is 2.39 bits per heavy atom. The molecule has 1 fully saturated rings. The van der Waals surface area contributed by atoms with E-state index in [4.69, 9.17) is 0 Å². The second-order valence-electron chi connectivity index (χ2n) is 10.4. The molecule has 2 aliphatic carbocycles. The van der Waals surface area contributed by atoms with Gasteiger partial charge in [-0.05, 0) is 86.1 Å². The predicted molar refractivity (Wildman–Crippen MR) is 163 cm³/mol. The summed E-state index contributed by atoms with van der Waals surface area (Å²) >= 11 is 1.75. The molecule has 0 spiro atoms. The summed E-state index contributed by atoms with van der Waals surface area (Å²) in [6.07, 6.45) is 10.4. The van der Waals surface area contributed by atoms with Gasteiger partial charge < -0.3 is 5.32 Å².